The van der Waals surface area contributed by atoms with Crippen LogP contribution in [0.25, 0.3) is 0 Å². The molecule has 1 aromatic heterocycles. The fourth-order valence-electron chi connectivity index (χ4n) is 3.32. The number of ether oxygens (including phenoxy) is 2. The zero-order valence-electron chi connectivity index (χ0n) is 17.1. The zero-order chi connectivity index (χ0) is 20.3. The molecule has 1 N–H and O–H groups in total. The lowest BCUT2D eigenvalue weighted by Crippen LogP contribution is -2.36. The van der Waals surface area contributed by atoms with Crippen LogP contribution in [0.4, 0.5) is 0 Å². The zero-order valence-corrected chi connectivity index (χ0v) is 17.1. The first kappa shape index (κ1) is 20.7. The molecule has 0 aliphatic carbocycles. The highest BCUT2D eigenvalue weighted by molar-refractivity contribution is 6.05. The van der Waals surface area contributed by atoms with Gasteiger partial charge >= 0.3 is 0 Å². The Morgan fingerprint density at radius 3 is 2.37 bits per heavy atom. The van der Waals surface area contributed by atoms with Gasteiger partial charge in [0.1, 0.15) is 11.5 Å². The van der Waals surface area contributed by atoms with E-state index in [1.807, 2.05) is 50.9 Å². The molecule has 0 radical (unpaired) electrons. The van der Waals surface area contributed by atoms with Gasteiger partial charge in [-0.15, -0.1) is 0 Å². The Bertz CT molecular complexity index is 854. The Hall–Kier alpha value is -2.60. The summed E-state index contributed by atoms with van der Waals surface area (Å²) in [6.45, 7) is 7.55. The predicted molar refractivity (Wildman–Crippen MR) is 105 cm³/mol. The summed E-state index contributed by atoms with van der Waals surface area (Å²) in [5.74, 6) is 1.35. The molecule has 0 aliphatic rings. The van der Waals surface area contributed by atoms with Gasteiger partial charge in [0.05, 0.1) is 26.0 Å². The lowest BCUT2D eigenvalue weighted by Gasteiger charge is -2.24. The minimum Gasteiger partial charge on any atom is -0.497 e. The van der Waals surface area contributed by atoms with Gasteiger partial charge in [-0.25, -0.2) is 0 Å². The predicted octanol–water partition coefficient (Wildman–Crippen LogP) is 3.55. The van der Waals surface area contributed by atoms with Crippen LogP contribution in [-0.2, 0) is 6.54 Å². The highest BCUT2D eigenvalue weighted by atomic mass is 16.5. The quantitative estimate of drug-likeness (QED) is 0.718. The summed E-state index contributed by atoms with van der Waals surface area (Å²) in [6, 6.07) is 5.26. The first-order chi connectivity index (χ1) is 12.7. The number of ketones is 2. The standard InChI is InChI=1S/C21H28N2O4/c1-12-19(15(4)24)13(2)22-20(12)21(25)14(3)23(5)11-16-8-9-17(26-6)10-18(16)27-7/h8-10,14,22H,11H2,1-7H3/t14-/m1/s1. The molecule has 0 fully saturated rings. The molecule has 146 valence electrons. The highest BCUT2D eigenvalue weighted by Gasteiger charge is 2.26. The number of hydrogen-bond donors (Lipinski definition) is 1. The third-order valence-electron chi connectivity index (χ3n) is 4.99. The van der Waals surface area contributed by atoms with Crippen LogP contribution in [0.15, 0.2) is 18.2 Å². The van der Waals surface area contributed by atoms with Gasteiger partial charge in [-0.1, -0.05) is 6.07 Å². The molecule has 0 saturated heterocycles. The third kappa shape index (κ3) is 4.22. The molecule has 2 rings (SSSR count). The number of methoxy groups -OCH3 is 2. The number of likely N-dealkylation sites (N-methyl/N-ethyl adjacent to an activating group) is 1. The van der Waals surface area contributed by atoms with E-state index in [9.17, 15) is 9.59 Å². The average molecular weight is 372 g/mol. The number of aromatic amines is 1. The molecule has 0 unspecified atom stereocenters. The summed E-state index contributed by atoms with van der Waals surface area (Å²) in [5.41, 5.74) is 3.51. The van der Waals surface area contributed by atoms with Gasteiger partial charge in [0, 0.05) is 29.4 Å². The van der Waals surface area contributed by atoms with Crippen molar-refractivity contribution in [1.29, 1.82) is 0 Å². The number of aromatic nitrogens is 1. The summed E-state index contributed by atoms with van der Waals surface area (Å²) < 4.78 is 10.7. The van der Waals surface area contributed by atoms with Crippen LogP contribution >= 0.6 is 0 Å². The first-order valence-electron chi connectivity index (χ1n) is 8.86. The molecule has 0 amide bonds. The monoisotopic (exact) mass is 372 g/mol. The van der Waals surface area contributed by atoms with Crippen molar-refractivity contribution in [2.24, 2.45) is 0 Å². The van der Waals surface area contributed by atoms with Gasteiger partial charge in [-0.3, -0.25) is 14.5 Å². The second-order valence-electron chi connectivity index (χ2n) is 6.81. The Morgan fingerprint density at radius 1 is 1.19 bits per heavy atom. The van der Waals surface area contributed by atoms with Crippen molar-refractivity contribution in [2.45, 2.75) is 40.3 Å². The molecule has 0 aliphatic heterocycles. The van der Waals surface area contributed by atoms with Crippen LogP contribution in [0.2, 0.25) is 0 Å². The van der Waals surface area contributed by atoms with Crippen molar-refractivity contribution in [3.63, 3.8) is 0 Å². The summed E-state index contributed by atoms with van der Waals surface area (Å²) in [6.07, 6.45) is 0. The van der Waals surface area contributed by atoms with Crippen LogP contribution in [0.1, 0.15) is 51.5 Å². The topological polar surface area (TPSA) is 71.6 Å². The number of benzene rings is 1. The molecule has 1 heterocycles. The summed E-state index contributed by atoms with van der Waals surface area (Å²) in [4.78, 5) is 29.9. The van der Waals surface area contributed by atoms with Crippen LogP contribution in [0, 0.1) is 13.8 Å². The molecular formula is C21H28N2O4. The molecule has 1 atom stereocenters. The number of H-pyrrole nitrogens is 1. The maximum absolute atomic E-state index is 13.0. The smallest absolute Gasteiger partial charge is 0.196 e. The fraction of sp³-hybridized carbons (Fsp3) is 0.429. The molecular weight excluding hydrogens is 344 g/mol. The van der Waals surface area contributed by atoms with Crippen molar-refractivity contribution >= 4 is 11.6 Å². The largest absolute Gasteiger partial charge is 0.497 e. The van der Waals surface area contributed by atoms with Crippen LogP contribution in [0.3, 0.4) is 0 Å². The maximum atomic E-state index is 13.0. The summed E-state index contributed by atoms with van der Waals surface area (Å²) in [7, 11) is 5.11. The van der Waals surface area contributed by atoms with Gasteiger partial charge in [-0.2, -0.15) is 0 Å². The Kier molecular flexibility index (Phi) is 6.44. The van der Waals surface area contributed by atoms with Gasteiger partial charge in [0.2, 0.25) is 0 Å². The lowest BCUT2D eigenvalue weighted by molar-refractivity contribution is 0.0855. The number of carbonyl (C=O) groups excluding carboxylic acids is 2. The van der Waals surface area contributed by atoms with E-state index in [1.165, 1.54) is 6.92 Å². The molecule has 27 heavy (non-hydrogen) atoms. The number of Topliss-reactive ketones (excluding diaryl/α,β-unsaturated/α-hetero) is 2. The van der Waals surface area contributed by atoms with Crippen molar-refractivity contribution < 1.29 is 19.1 Å². The van der Waals surface area contributed by atoms with Crippen molar-refractivity contribution in [2.75, 3.05) is 21.3 Å². The van der Waals surface area contributed by atoms with Gasteiger partial charge in [-0.05, 0) is 46.4 Å². The van der Waals surface area contributed by atoms with Crippen LogP contribution < -0.4 is 9.47 Å². The minimum atomic E-state index is -0.367. The van der Waals surface area contributed by atoms with Crippen molar-refractivity contribution in [3.8, 4) is 11.5 Å². The SMILES string of the molecule is COc1ccc(CN(C)[C@H](C)C(=O)c2[nH]c(C)c(C(C)=O)c2C)c(OC)c1. The van der Waals surface area contributed by atoms with Gasteiger partial charge in [0.25, 0.3) is 0 Å². The van der Waals surface area contributed by atoms with E-state index in [0.29, 0.717) is 29.1 Å². The summed E-state index contributed by atoms with van der Waals surface area (Å²) in [5, 5.41) is 0. The molecule has 2 aromatic rings. The van der Waals surface area contributed by atoms with E-state index >= 15 is 0 Å². The van der Waals surface area contributed by atoms with E-state index in [-0.39, 0.29) is 17.6 Å². The fourth-order valence-corrected chi connectivity index (χ4v) is 3.32. The summed E-state index contributed by atoms with van der Waals surface area (Å²) >= 11 is 0. The first-order valence-corrected chi connectivity index (χ1v) is 8.86. The van der Waals surface area contributed by atoms with Crippen LogP contribution in [-0.4, -0.2) is 48.8 Å². The number of hydrogen-bond acceptors (Lipinski definition) is 5. The second kappa shape index (κ2) is 8.39. The number of carbonyl (C=O) groups is 2. The number of rotatable bonds is 8. The third-order valence-corrected chi connectivity index (χ3v) is 4.99. The minimum absolute atomic E-state index is 0.0377. The van der Waals surface area contributed by atoms with Crippen molar-refractivity contribution in [1.82, 2.24) is 9.88 Å². The van der Waals surface area contributed by atoms with Gasteiger partial charge in [0.15, 0.2) is 11.6 Å². The molecule has 6 heteroatoms. The van der Waals surface area contributed by atoms with Crippen LogP contribution in [0.5, 0.6) is 11.5 Å². The molecule has 0 spiro atoms. The van der Waals surface area contributed by atoms with Gasteiger partial charge < -0.3 is 14.5 Å². The number of nitrogens with zero attached hydrogens (tertiary/aromatic N) is 1. The molecule has 1 aromatic carbocycles. The highest BCUT2D eigenvalue weighted by Crippen LogP contribution is 2.27. The van der Waals surface area contributed by atoms with E-state index in [1.54, 1.807) is 14.2 Å². The number of nitrogens with one attached hydrogen (secondary N) is 1. The number of aryl methyl sites for hydroxylation is 1. The Morgan fingerprint density at radius 2 is 1.85 bits per heavy atom. The molecule has 0 saturated carbocycles. The lowest BCUT2D eigenvalue weighted by atomic mass is 10.0. The van der Waals surface area contributed by atoms with E-state index in [2.05, 4.69) is 4.98 Å². The van der Waals surface area contributed by atoms with E-state index in [0.717, 1.165) is 17.0 Å². The van der Waals surface area contributed by atoms with Crippen molar-refractivity contribution in [3.05, 3.63) is 46.3 Å². The average Bonchev–Trinajstić information content (AvgIpc) is 2.94. The molecule has 6 nitrogen and oxygen atoms in total. The normalized spacial score (nSPS) is 12.1. The molecule has 0 bridgehead atoms. The second-order valence-corrected chi connectivity index (χ2v) is 6.81. The van der Waals surface area contributed by atoms with E-state index in [4.69, 9.17) is 9.47 Å². The maximum Gasteiger partial charge on any atom is 0.196 e. The Labute approximate surface area is 160 Å². The Balaban J connectivity index is 2.23. The van der Waals surface area contributed by atoms with E-state index < -0.39 is 0 Å².